The molecular weight excluding hydrogens is 238 g/mol. The van der Waals surface area contributed by atoms with Gasteiger partial charge in [-0.3, -0.25) is 0 Å². The Morgan fingerprint density at radius 2 is 2.25 bits per heavy atom. The second kappa shape index (κ2) is 5.23. The van der Waals surface area contributed by atoms with Crippen molar-refractivity contribution in [3.63, 3.8) is 0 Å². The van der Waals surface area contributed by atoms with Crippen LogP contribution in [0.15, 0.2) is 24.3 Å². The molecule has 2 aromatic rings. The molecule has 0 amide bonds. The molecule has 2 N–H and O–H groups in total. The highest BCUT2D eigenvalue weighted by Crippen LogP contribution is 2.21. The Labute approximate surface area is 104 Å². The van der Waals surface area contributed by atoms with Gasteiger partial charge >= 0.3 is 0 Å². The van der Waals surface area contributed by atoms with Crippen molar-refractivity contribution < 1.29 is 0 Å². The third-order valence-electron chi connectivity index (χ3n) is 2.19. The molecule has 0 aliphatic rings. The standard InChI is InChI=1S/C11H13N3S2/c1-12-11(15)13-7-6-10-14-8-4-2-3-5-9(8)16-10/h2-5H,6-7H2,1H3,(H2,12,13,15). The molecule has 0 unspecified atom stereocenters. The van der Waals surface area contributed by atoms with Crippen molar-refractivity contribution >= 4 is 38.9 Å². The molecule has 0 radical (unpaired) electrons. The minimum Gasteiger partial charge on any atom is -0.366 e. The normalized spacial score (nSPS) is 10.3. The Morgan fingerprint density at radius 1 is 1.44 bits per heavy atom. The van der Waals surface area contributed by atoms with Crippen molar-refractivity contribution in [2.24, 2.45) is 0 Å². The fraction of sp³-hybridized carbons (Fsp3) is 0.273. The fourth-order valence-corrected chi connectivity index (χ4v) is 2.47. The van der Waals surface area contributed by atoms with Crippen molar-refractivity contribution in [3.05, 3.63) is 29.3 Å². The summed E-state index contributed by atoms with van der Waals surface area (Å²) in [5, 5.41) is 7.82. The molecule has 1 aromatic heterocycles. The largest absolute Gasteiger partial charge is 0.366 e. The highest BCUT2D eigenvalue weighted by atomic mass is 32.1. The van der Waals surface area contributed by atoms with Crippen LogP contribution >= 0.6 is 23.6 Å². The van der Waals surface area contributed by atoms with E-state index in [4.69, 9.17) is 12.2 Å². The van der Waals surface area contributed by atoms with E-state index in [1.54, 1.807) is 11.3 Å². The lowest BCUT2D eigenvalue weighted by Crippen LogP contribution is -2.33. The summed E-state index contributed by atoms with van der Waals surface area (Å²) >= 11 is 6.74. The maximum absolute atomic E-state index is 5.00. The number of para-hydroxylation sites is 1. The number of benzene rings is 1. The summed E-state index contributed by atoms with van der Waals surface area (Å²) in [6.45, 7) is 0.819. The molecule has 5 heteroatoms. The van der Waals surface area contributed by atoms with Crippen molar-refractivity contribution in [1.82, 2.24) is 15.6 Å². The van der Waals surface area contributed by atoms with Gasteiger partial charge in [0.25, 0.3) is 0 Å². The first-order valence-electron chi connectivity index (χ1n) is 5.09. The number of hydrogen-bond acceptors (Lipinski definition) is 3. The monoisotopic (exact) mass is 251 g/mol. The first-order chi connectivity index (χ1) is 7.79. The van der Waals surface area contributed by atoms with Crippen LogP contribution in [0, 0.1) is 0 Å². The molecule has 84 valence electrons. The van der Waals surface area contributed by atoms with Gasteiger partial charge in [-0.05, 0) is 24.4 Å². The predicted octanol–water partition coefficient (Wildman–Crippen LogP) is 1.93. The number of aromatic nitrogens is 1. The molecule has 0 bridgehead atoms. The summed E-state index contributed by atoms with van der Waals surface area (Å²) in [5.41, 5.74) is 1.08. The molecule has 0 atom stereocenters. The van der Waals surface area contributed by atoms with E-state index in [1.165, 1.54) is 4.70 Å². The van der Waals surface area contributed by atoms with E-state index in [0.29, 0.717) is 5.11 Å². The van der Waals surface area contributed by atoms with Crippen LogP contribution in [0.25, 0.3) is 10.2 Å². The Hall–Kier alpha value is -1.20. The number of fused-ring (bicyclic) bond motifs is 1. The second-order valence-corrected chi connectivity index (χ2v) is 4.85. The van der Waals surface area contributed by atoms with E-state index in [1.807, 2.05) is 25.2 Å². The molecule has 0 spiro atoms. The van der Waals surface area contributed by atoms with Gasteiger partial charge in [0.2, 0.25) is 0 Å². The van der Waals surface area contributed by atoms with E-state index in [2.05, 4.69) is 21.7 Å². The van der Waals surface area contributed by atoms with Crippen LogP contribution < -0.4 is 10.6 Å². The van der Waals surface area contributed by atoms with Crippen LogP contribution in [0.1, 0.15) is 5.01 Å². The average molecular weight is 251 g/mol. The van der Waals surface area contributed by atoms with Gasteiger partial charge in [-0.2, -0.15) is 0 Å². The third kappa shape index (κ3) is 2.68. The predicted molar refractivity (Wildman–Crippen MR) is 73.0 cm³/mol. The number of nitrogens with one attached hydrogen (secondary N) is 2. The molecule has 3 nitrogen and oxygen atoms in total. The van der Waals surface area contributed by atoms with Gasteiger partial charge in [-0.25, -0.2) is 4.98 Å². The van der Waals surface area contributed by atoms with E-state index in [9.17, 15) is 0 Å². The number of thiocarbonyl (C=S) groups is 1. The SMILES string of the molecule is CNC(=S)NCCc1nc2ccccc2s1. The summed E-state index contributed by atoms with van der Waals surface area (Å²) in [5.74, 6) is 0. The van der Waals surface area contributed by atoms with Crippen molar-refractivity contribution in [2.45, 2.75) is 6.42 Å². The molecule has 16 heavy (non-hydrogen) atoms. The highest BCUT2D eigenvalue weighted by Gasteiger charge is 2.02. The molecule has 0 aliphatic carbocycles. The molecule has 0 fully saturated rings. The van der Waals surface area contributed by atoms with E-state index in [-0.39, 0.29) is 0 Å². The summed E-state index contributed by atoms with van der Waals surface area (Å²) in [6, 6.07) is 8.20. The maximum atomic E-state index is 5.00. The molecule has 2 rings (SSSR count). The van der Waals surface area contributed by atoms with Crippen LogP contribution in [0.5, 0.6) is 0 Å². The highest BCUT2D eigenvalue weighted by molar-refractivity contribution is 7.80. The number of thiazole rings is 1. The summed E-state index contributed by atoms with van der Waals surface area (Å²) in [7, 11) is 1.81. The van der Waals surface area contributed by atoms with Crippen LogP contribution in [-0.2, 0) is 6.42 Å². The smallest absolute Gasteiger partial charge is 0.166 e. The van der Waals surface area contributed by atoms with Gasteiger partial charge in [0, 0.05) is 20.0 Å². The van der Waals surface area contributed by atoms with Gasteiger partial charge in [-0.1, -0.05) is 12.1 Å². The van der Waals surface area contributed by atoms with Gasteiger partial charge < -0.3 is 10.6 Å². The minimum atomic E-state index is 0.682. The average Bonchev–Trinajstić information content (AvgIpc) is 2.71. The van der Waals surface area contributed by atoms with Crippen LogP contribution in [0.4, 0.5) is 0 Å². The zero-order valence-electron chi connectivity index (χ0n) is 8.99. The van der Waals surface area contributed by atoms with Gasteiger partial charge in [0.1, 0.15) is 0 Å². The van der Waals surface area contributed by atoms with Gasteiger partial charge in [-0.15, -0.1) is 11.3 Å². The lowest BCUT2D eigenvalue weighted by atomic mass is 10.3. The van der Waals surface area contributed by atoms with E-state index < -0.39 is 0 Å². The number of hydrogen-bond donors (Lipinski definition) is 2. The molecule has 0 saturated heterocycles. The molecule has 1 heterocycles. The van der Waals surface area contributed by atoms with Crippen molar-refractivity contribution in [1.29, 1.82) is 0 Å². The van der Waals surface area contributed by atoms with Crippen LogP contribution in [-0.4, -0.2) is 23.7 Å². The number of nitrogens with zero attached hydrogens (tertiary/aromatic N) is 1. The Balaban J connectivity index is 1.97. The fourth-order valence-electron chi connectivity index (χ4n) is 1.40. The number of rotatable bonds is 3. The quantitative estimate of drug-likeness (QED) is 0.817. The van der Waals surface area contributed by atoms with Crippen molar-refractivity contribution in [3.8, 4) is 0 Å². The zero-order chi connectivity index (χ0) is 11.4. The lowest BCUT2D eigenvalue weighted by Gasteiger charge is -2.04. The maximum Gasteiger partial charge on any atom is 0.166 e. The zero-order valence-corrected chi connectivity index (χ0v) is 10.6. The van der Waals surface area contributed by atoms with Crippen LogP contribution in [0.3, 0.4) is 0 Å². The molecule has 0 aliphatic heterocycles. The first kappa shape index (κ1) is 11.3. The van der Waals surface area contributed by atoms with Crippen LogP contribution in [0.2, 0.25) is 0 Å². The molecule has 0 saturated carbocycles. The summed E-state index contributed by atoms with van der Waals surface area (Å²) < 4.78 is 1.24. The molecular formula is C11H13N3S2. The van der Waals surface area contributed by atoms with Crippen molar-refractivity contribution in [2.75, 3.05) is 13.6 Å². The Morgan fingerprint density at radius 3 is 3.00 bits per heavy atom. The second-order valence-electron chi connectivity index (χ2n) is 3.33. The summed E-state index contributed by atoms with van der Waals surface area (Å²) in [4.78, 5) is 4.55. The summed E-state index contributed by atoms with van der Waals surface area (Å²) in [6.07, 6.45) is 0.904. The Bertz CT molecular complexity index is 460. The topological polar surface area (TPSA) is 37.0 Å². The first-order valence-corrected chi connectivity index (χ1v) is 6.32. The van der Waals surface area contributed by atoms with Gasteiger partial charge in [0.15, 0.2) is 5.11 Å². The Kier molecular flexibility index (Phi) is 3.69. The minimum absolute atomic E-state index is 0.682. The third-order valence-corrected chi connectivity index (χ3v) is 3.63. The molecule has 1 aromatic carbocycles. The van der Waals surface area contributed by atoms with E-state index in [0.717, 1.165) is 23.5 Å². The van der Waals surface area contributed by atoms with E-state index >= 15 is 0 Å². The lowest BCUT2D eigenvalue weighted by molar-refractivity contribution is 0.847. The van der Waals surface area contributed by atoms with Gasteiger partial charge in [0.05, 0.1) is 15.2 Å².